The number of hydrogen-bond acceptors (Lipinski definition) is 3. The minimum atomic E-state index is -0.434. The van der Waals surface area contributed by atoms with Crippen LogP contribution in [0.25, 0.3) is 0 Å². The first-order chi connectivity index (χ1) is 8.11. The zero-order chi connectivity index (χ0) is 12.4. The first kappa shape index (κ1) is 11.8. The van der Waals surface area contributed by atoms with Crippen molar-refractivity contribution in [1.82, 2.24) is 0 Å². The van der Waals surface area contributed by atoms with Gasteiger partial charge in [-0.1, -0.05) is 13.3 Å². The van der Waals surface area contributed by atoms with Gasteiger partial charge < -0.3 is 16.4 Å². The minimum Gasteiger partial charge on any atom is -0.397 e. The van der Waals surface area contributed by atoms with E-state index in [4.69, 9.17) is 11.5 Å². The molecule has 0 aromatic heterocycles. The minimum absolute atomic E-state index is 0.434. The third-order valence-corrected chi connectivity index (χ3v) is 3.52. The lowest BCUT2D eigenvalue weighted by Crippen LogP contribution is -2.21. The van der Waals surface area contributed by atoms with Gasteiger partial charge in [-0.3, -0.25) is 4.79 Å². The van der Waals surface area contributed by atoms with Gasteiger partial charge in [0.15, 0.2) is 0 Å². The molecule has 0 radical (unpaired) electrons. The first-order valence-electron chi connectivity index (χ1n) is 6.06. The van der Waals surface area contributed by atoms with Crippen LogP contribution in [0.5, 0.6) is 0 Å². The Morgan fingerprint density at radius 2 is 2.29 bits per heavy atom. The van der Waals surface area contributed by atoms with Crippen molar-refractivity contribution in [3.8, 4) is 0 Å². The SMILES string of the molecule is CCC1CCN(c2ccc(C(N)=O)cc2N)C1. The molecule has 1 unspecified atom stereocenters. The van der Waals surface area contributed by atoms with E-state index in [9.17, 15) is 4.79 Å². The molecular weight excluding hydrogens is 214 g/mol. The summed E-state index contributed by atoms with van der Waals surface area (Å²) in [5.74, 6) is 0.321. The molecule has 92 valence electrons. The summed E-state index contributed by atoms with van der Waals surface area (Å²) in [7, 11) is 0. The van der Waals surface area contributed by atoms with Gasteiger partial charge in [0.1, 0.15) is 0 Å². The highest BCUT2D eigenvalue weighted by atomic mass is 16.1. The van der Waals surface area contributed by atoms with E-state index in [1.54, 1.807) is 12.1 Å². The van der Waals surface area contributed by atoms with Crippen molar-refractivity contribution in [3.63, 3.8) is 0 Å². The standard InChI is InChI=1S/C13H19N3O/c1-2-9-5-6-16(8-9)12-4-3-10(13(15)17)7-11(12)14/h3-4,7,9H,2,5-6,8,14H2,1H3,(H2,15,17). The van der Waals surface area contributed by atoms with E-state index in [1.165, 1.54) is 12.8 Å². The van der Waals surface area contributed by atoms with Crippen molar-refractivity contribution in [2.24, 2.45) is 11.7 Å². The molecule has 2 rings (SSSR count). The molecule has 4 nitrogen and oxygen atoms in total. The van der Waals surface area contributed by atoms with E-state index >= 15 is 0 Å². The molecular formula is C13H19N3O. The summed E-state index contributed by atoms with van der Waals surface area (Å²) in [6, 6.07) is 5.30. The Bertz CT molecular complexity index is 431. The van der Waals surface area contributed by atoms with Crippen LogP contribution in [0.2, 0.25) is 0 Å². The Labute approximate surface area is 102 Å². The fourth-order valence-electron chi connectivity index (χ4n) is 2.38. The van der Waals surface area contributed by atoms with E-state index in [1.807, 2.05) is 6.07 Å². The van der Waals surface area contributed by atoms with Crippen LogP contribution in [-0.2, 0) is 0 Å². The third-order valence-electron chi connectivity index (χ3n) is 3.52. The quantitative estimate of drug-likeness (QED) is 0.779. The molecule has 1 aromatic rings. The molecule has 1 fully saturated rings. The van der Waals surface area contributed by atoms with Crippen LogP contribution in [0, 0.1) is 5.92 Å². The highest BCUT2D eigenvalue weighted by Crippen LogP contribution is 2.30. The van der Waals surface area contributed by atoms with E-state index < -0.39 is 5.91 Å². The van der Waals surface area contributed by atoms with Gasteiger partial charge in [0.2, 0.25) is 5.91 Å². The highest BCUT2D eigenvalue weighted by Gasteiger charge is 2.22. The largest absolute Gasteiger partial charge is 0.397 e. The average molecular weight is 233 g/mol. The Balaban J connectivity index is 2.20. The van der Waals surface area contributed by atoms with Gasteiger partial charge in [-0.15, -0.1) is 0 Å². The molecule has 0 saturated carbocycles. The van der Waals surface area contributed by atoms with Crippen molar-refractivity contribution in [2.75, 3.05) is 23.7 Å². The van der Waals surface area contributed by atoms with Gasteiger partial charge in [-0.25, -0.2) is 0 Å². The Hall–Kier alpha value is -1.71. The molecule has 1 saturated heterocycles. The van der Waals surface area contributed by atoms with Crippen LogP contribution in [0.15, 0.2) is 18.2 Å². The predicted molar refractivity (Wildman–Crippen MR) is 70.0 cm³/mol. The molecule has 0 spiro atoms. The molecule has 0 bridgehead atoms. The number of rotatable bonds is 3. The maximum atomic E-state index is 11.0. The van der Waals surface area contributed by atoms with E-state index in [2.05, 4.69) is 11.8 Å². The molecule has 1 amide bonds. The number of anilines is 2. The van der Waals surface area contributed by atoms with Gasteiger partial charge >= 0.3 is 0 Å². The number of hydrogen-bond donors (Lipinski definition) is 2. The highest BCUT2D eigenvalue weighted by molar-refractivity contribution is 5.94. The molecule has 0 aliphatic carbocycles. The van der Waals surface area contributed by atoms with Crippen LogP contribution in [0.1, 0.15) is 30.1 Å². The summed E-state index contributed by atoms with van der Waals surface area (Å²) in [4.78, 5) is 13.3. The molecule has 1 aliphatic rings. The Morgan fingerprint density at radius 1 is 1.53 bits per heavy atom. The summed E-state index contributed by atoms with van der Waals surface area (Å²) in [6.07, 6.45) is 2.42. The molecule has 4 N–H and O–H groups in total. The summed E-state index contributed by atoms with van der Waals surface area (Å²) in [6.45, 7) is 4.31. The van der Waals surface area contributed by atoms with Crippen LogP contribution in [-0.4, -0.2) is 19.0 Å². The van der Waals surface area contributed by atoms with Gasteiger partial charge in [0.25, 0.3) is 0 Å². The number of nitrogens with two attached hydrogens (primary N) is 2. The molecule has 1 heterocycles. The summed E-state index contributed by atoms with van der Waals surface area (Å²) in [5, 5.41) is 0. The lowest BCUT2D eigenvalue weighted by atomic mass is 10.1. The normalized spacial score (nSPS) is 19.6. The lowest BCUT2D eigenvalue weighted by Gasteiger charge is -2.20. The van der Waals surface area contributed by atoms with E-state index in [-0.39, 0.29) is 0 Å². The fourth-order valence-corrected chi connectivity index (χ4v) is 2.38. The van der Waals surface area contributed by atoms with Crippen LogP contribution >= 0.6 is 0 Å². The maximum Gasteiger partial charge on any atom is 0.248 e. The number of nitrogen functional groups attached to an aromatic ring is 1. The predicted octanol–water partition coefficient (Wildman–Crippen LogP) is 1.60. The van der Waals surface area contributed by atoms with Crippen molar-refractivity contribution in [2.45, 2.75) is 19.8 Å². The number of benzene rings is 1. The number of primary amides is 1. The zero-order valence-corrected chi connectivity index (χ0v) is 10.1. The first-order valence-corrected chi connectivity index (χ1v) is 6.06. The van der Waals surface area contributed by atoms with Crippen LogP contribution in [0.3, 0.4) is 0 Å². The van der Waals surface area contributed by atoms with Crippen molar-refractivity contribution in [1.29, 1.82) is 0 Å². The smallest absolute Gasteiger partial charge is 0.248 e. The third kappa shape index (κ3) is 2.35. The topological polar surface area (TPSA) is 72.3 Å². The van der Waals surface area contributed by atoms with Crippen LogP contribution < -0.4 is 16.4 Å². The van der Waals surface area contributed by atoms with Crippen LogP contribution in [0.4, 0.5) is 11.4 Å². The number of carbonyl (C=O) groups is 1. The number of amides is 1. The Morgan fingerprint density at radius 3 is 2.82 bits per heavy atom. The molecule has 1 aromatic carbocycles. The molecule has 1 atom stereocenters. The van der Waals surface area contributed by atoms with Gasteiger partial charge in [0, 0.05) is 18.7 Å². The van der Waals surface area contributed by atoms with Gasteiger partial charge in [0.05, 0.1) is 11.4 Å². The van der Waals surface area contributed by atoms with E-state index in [0.717, 1.165) is 24.7 Å². The second-order valence-electron chi connectivity index (χ2n) is 4.65. The molecule has 1 aliphatic heterocycles. The lowest BCUT2D eigenvalue weighted by molar-refractivity contribution is 0.100. The second-order valence-corrected chi connectivity index (χ2v) is 4.65. The van der Waals surface area contributed by atoms with E-state index in [0.29, 0.717) is 11.3 Å². The van der Waals surface area contributed by atoms with Crippen molar-refractivity contribution < 1.29 is 4.79 Å². The van der Waals surface area contributed by atoms with Gasteiger partial charge in [-0.2, -0.15) is 0 Å². The average Bonchev–Trinajstić information content (AvgIpc) is 2.77. The van der Waals surface area contributed by atoms with Crippen molar-refractivity contribution >= 4 is 17.3 Å². The molecule has 4 heteroatoms. The van der Waals surface area contributed by atoms with Gasteiger partial charge in [-0.05, 0) is 30.5 Å². The fraction of sp³-hybridized carbons (Fsp3) is 0.462. The summed E-state index contributed by atoms with van der Waals surface area (Å²) >= 11 is 0. The van der Waals surface area contributed by atoms with Crippen molar-refractivity contribution in [3.05, 3.63) is 23.8 Å². The molecule has 17 heavy (non-hydrogen) atoms. The number of carbonyl (C=O) groups excluding carboxylic acids is 1. The number of nitrogens with zero attached hydrogens (tertiary/aromatic N) is 1. The summed E-state index contributed by atoms with van der Waals surface area (Å²) in [5.41, 5.74) is 13.3. The zero-order valence-electron chi connectivity index (χ0n) is 10.1. The second kappa shape index (κ2) is 4.65. The Kier molecular flexibility index (Phi) is 3.22. The maximum absolute atomic E-state index is 11.0. The monoisotopic (exact) mass is 233 g/mol. The summed E-state index contributed by atoms with van der Waals surface area (Å²) < 4.78 is 0.